The van der Waals surface area contributed by atoms with Crippen molar-refractivity contribution in [3.63, 3.8) is 0 Å². The van der Waals surface area contributed by atoms with Gasteiger partial charge in [-0.05, 0) is 51.3 Å². The van der Waals surface area contributed by atoms with Crippen molar-refractivity contribution in [3.8, 4) is 0 Å². The molecule has 0 spiro atoms. The van der Waals surface area contributed by atoms with E-state index in [4.69, 9.17) is 0 Å². The van der Waals surface area contributed by atoms with E-state index in [0.717, 1.165) is 35.7 Å². The van der Waals surface area contributed by atoms with Crippen LogP contribution in [-0.4, -0.2) is 31.9 Å². The standard InChI is InChI=1S/C19H27N5O2S2.HI/c1-4-20-19(22-12-18-23-13(2)14(3)27-18)21-11-15-5-9-17(10-6-15)28(25,26)24-16-7-8-16;/h5-6,9-10,16,24H,4,7-8,11-12H2,1-3H3,(H2,20,21,22);1H. The molecule has 0 amide bonds. The highest BCUT2D eigenvalue weighted by Gasteiger charge is 2.27. The molecule has 1 fully saturated rings. The zero-order chi connectivity index (χ0) is 20.1. The fraction of sp³-hybridized carbons (Fsp3) is 0.474. The molecule has 29 heavy (non-hydrogen) atoms. The summed E-state index contributed by atoms with van der Waals surface area (Å²) >= 11 is 1.68. The first-order valence-electron chi connectivity index (χ1n) is 9.43. The number of sulfonamides is 1. The Bertz CT molecular complexity index is 919. The Hall–Kier alpha value is -1.24. The first-order valence-corrected chi connectivity index (χ1v) is 11.7. The second kappa shape index (κ2) is 10.7. The second-order valence-corrected chi connectivity index (χ2v) is 9.84. The molecule has 7 nitrogen and oxygen atoms in total. The number of rotatable bonds is 8. The Morgan fingerprint density at radius 2 is 1.90 bits per heavy atom. The summed E-state index contributed by atoms with van der Waals surface area (Å²) in [5.74, 6) is 0.708. The lowest BCUT2D eigenvalue weighted by Gasteiger charge is -2.10. The van der Waals surface area contributed by atoms with Crippen LogP contribution in [0.2, 0.25) is 0 Å². The van der Waals surface area contributed by atoms with Crippen LogP contribution in [0.25, 0.3) is 0 Å². The largest absolute Gasteiger partial charge is 0.357 e. The summed E-state index contributed by atoms with van der Waals surface area (Å²) in [6, 6.07) is 6.99. The molecule has 160 valence electrons. The SMILES string of the molecule is CCNC(=NCc1ccc(S(=O)(=O)NC2CC2)cc1)NCc1nc(C)c(C)s1.I. The smallest absolute Gasteiger partial charge is 0.240 e. The van der Waals surface area contributed by atoms with E-state index in [1.807, 2.05) is 26.0 Å². The Balaban J connectivity index is 0.00000300. The molecule has 0 unspecified atom stereocenters. The Morgan fingerprint density at radius 1 is 1.21 bits per heavy atom. The molecule has 0 saturated heterocycles. The molecule has 0 bridgehead atoms. The highest BCUT2D eigenvalue weighted by atomic mass is 127. The number of aliphatic imine (C=N–C) groups is 1. The van der Waals surface area contributed by atoms with Crippen LogP contribution in [-0.2, 0) is 23.1 Å². The van der Waals surface area contributed by atoms with Crippen LogP contribution in [0.3, 0.4) is 0 Å². The molecule has 1 aliphatic carbocycles. The van der Waals surface area contributed by atoms with E-state index >= 15 is 0 Å². The van der Waals surface area contributed by atoms with Gasteiger partial charge in [-0.3, -0.25) is 0 Å². The normalized spacial score (nSPS) is 14.4. The minimum Gasteiger partial charge on any atom is -0.357 e. The van der Waals surface area contributed by atoms with Gasteiger partial charge in [0.2, 0.25) is 10.0 Å². The van der Waals surface area contributed by atoms with Crippen molar-refractivity contribution in [2.24, 2.45) is 4.99 Å². The average molecular weight is 550 g/mol. The van der Waals surface area contributed by atoms with Crippen LogP contribution < -0.4 is 15.4 Å². The molecule has 0 aliphatic heterocycles. The maximum Gasteiger partial charge on any atom is 0.240 e. The van der Waals surface area contributed by atoms with Gasteiger partial charge in [0.25, 0.3) is 0 Å². The number of hydrogen-bond donors (Lipinski definition) is 3. The summed E-state index contributed by atoms with van der Waals surface area (Å²) in [6.45, 7) is 7.93. The van der Waals surface area contributed by atoms with Crippen molar-refractivity contribution in [3.05, 3.63) is 45.4 Å². The van der Waals surface area contributed by atoms with Crippen LogP contribution >= 0.6 is 35.3 Å². The number of aryl methyl sites for hydroxylation is 2. The van der Waals surface area contributed by atoms with Crippen molar-refractivity contribution >= 4 is 51.3 Å². The van der Waals surface area contributed by atoms with Crippen LogP contribution in [0.15, 0.2) is 34.2 Å². The number of thiazole rings is 1. The molecular formula is C19H28IN5O2S2. The molecular weight excluding hydrogens is 521 g/mol. The maximum absolute atomic E-state index is 12.2. The highest BCUT2D eigenvalue weighted by molar-refractivity contribution is 14.0. The summed E-state index contributed by atoms with van der Waals surface area (Å²) < 4.78 is 27.1. The summed E-state index contributed by atoms with van der Waals surface area (Å²) in [4.78, 5) is 10.6. The molecule has 2 aromatic rings. The van der Waals surface area contributed by atoms with E-state index in [9.17, 15) is 8.42 Å². The number of aromatic nitrogens is 1. The predicted molar refractivity (Wildman–Crippen MR) is 128 cm³/mol. The second-order valence-electron chi connectivity index (χ2n) is 6.84. The number of hydrogen-bond acceptors (Lipinski definition) is 5. The van der Waals surface area contributed by atoms with E-state index in [0.29, 0.717) is 23.9 Å². The van der Waals surface area contributed by atoms with E-state index < -0.39 is 10.0 Å². The number of nitrogens with zero attached hydrogens (tertiary/aromatic N) is 2. The number of nitrogens with one attached hydrogen (secondary N) is 3. The first-order chi connectivity index (χ1) is 13.4. The van der Waals surface area contributed by atoms with Gasteiger partial charge in [-0.15, -0.1) is 35.3 Å². The van der Waals surface area contributed by atoms with Gasteiger partial charge in [-0.25, -0.2) is 23.1 Å². The van der Waals surface area contributed by atoms with E-state index in [2.05, 4.69) is 32.3 Å². The third-order valence-corrected chi connectivity index (χ3v) is 6.99. The minimum atomic E-state index is -3.41. The van der Waals surface area contributed by atoms with Crippen LogP contribution in [0, 0.1) is 13.8 Å². The van der Waals surface area contributed by atoms with Crippen molar-refractivity contribution in [2.75, 3.05) is 6.54 Å². The summed E-state index contributed by atoms with van der Waals surface area (Å²) in [7, 11) is -3.41. The summed E-state index contributed by atoms with van der Waals surface area (Å²) in [6.07, 6.45) is 1.85. The van der Waals surface area contributed by atoms with Crippen molar-refractivity contribution in [1.82, 2.24) is 20.3 Å². The molecule has 1 aromatic heterocycles. The van der Waals surface area contributed by atoms with Crippen molar-refractivity contribution in [1.29, 1.82) is 0 Å². The van der Waals surface area contributed by atoms with Crippen molar-refractivity contribution in [2.45, 2.75) is 57.6 Å². The van der Waals surface area contributed by atoms with Gasteiger partial charge >= 0.3 is 0 Å². The van der Waals surface area contributed by atoms with Gasteiger partial charge in [0, 0.05) is 17.5 Å². The lowest BCUT2D eigenvalue weighted by molar-refractivity contribution is 0.581. The Kier molecular flexibility index (Phi) is 8.86. The zero-order valence-electron chi connectivity index (χ0n) is 16.9. The number of halogens is 1. The molecule has 1 saturated carbocycles. The zero-order valence-corrected chi connectivity index (χ0v) is 20.8. The van der Waals surface area contributed by atoms with E-state index in [-0.39, 0.29) is 30.0 Å². The van der Waals surface area contributed by atoms with Gasteiger partial charge in [0.05, 0.1) is 23.7 Å². The lowest BCUT2D eigenvalue weighted by Crippen LogP contribution is -2.36. The molecule has 0 radical (unpaired) electrons. The maximum atomic E-state index is 12.2. The van der Waals surface area contributed by atoms with Gasteiger partial charge in [-0.2, -0.15) is 0 Å². The predicted octanol–water partition coefficient (Wildman–Crippen LogP) is 3.07. The summed E-state index contributed by atoms with van der Waals surface area (Å²) in [5.41, 5.74) is 2.01. The highest BCUT2D eigenvalue weighted by Crippen LogP contribution is 2.22. The molecule has 1 heterocycles. The topological polar surface area (TPSA) is 95.5 Å². The Labute approximate surface area is 193 Å². The minimum absolute atomic E-state index is 0. The van der Waals surface area contributed by atoms with E-state index in [1.165, 1.54) is 4.88 Å². The van der Waals surface area contributed by atoms with Crippen molar-refractivity contribution < 1.29 is 8.42 Å². The molecule has 0 atom stereocenters. The third-order valence-electron chi connectivity index (χ3n) is 4.38. The monoisotopic (exact) mass is 549 g/mol. The van der Waals surface area contributed by atoms with E-state index in [1.54, 1.807) is 23.5 Å². The fourth-order valence-electron chi connectivity index (χ4n) is 2.55. The van der Waals surface area contributed by atoms with Crippen LogP contribution in [0.5, 0.6) is 0 Å². The first kappa shape index (κ1) is 24.0. The summed E-state index contributed by atoms with van der Waals surface area (Å²) in [5, 5.41) is 7.54. The molecule has 1 aromatic carbocycles. The van der Waals surface area contributed by atoms with Gasteiger partial charge in [0.1, 0.15) is 5.01 Å². The molecule has 3 rings (SSSR count). The average Bonchev–Trinajstić information content (AvgIpc) is 3.40. The van der Waals surface area contributed by atoms with Gasteiger partial charge in [0.15, 0.2) is 5.96 Å². The molecule has 1 aliphatic rings. The lowest BCUT2D eigenvalue weighted by atomic mass is 10.2. The van der Waals surface area contributed by atoms with Crippen LogP contribution in [0.1, 0.15) is 40.9 Å². The molecule has 10 heteroatoms. The number of benzene rings is 1. The number of guanidine groups is 1. The molecule has 3 N–H and O–H groups in total. The quantitative estimate of drug-likeness (QED) is 0.267. The third kappa shape index (κ3) is 7.19. The van der Waals surface area contributed by atoms with Gasteiger partial charge < -0.3 is 10.6 Å². The Morgan fingerprint density at radius 3 is 2.45 bits per heavy atom. The van der Waals surface area contributed by atoms with Crippen LogP contribution in [0.4, 0.5) is 0 Å². The fourth-order valence-corrected chi connectivity index (χ4v) is 4.73. The van der Waals surface area contributed by atoms with Gasteiger partial charge in [-0.1, -0.05) is 12.1 Å².